The summed E-state index contributed by atoms with van der Waals surface area (Å²) in [5.74, 6) is 0. The molecular weight excluding hydrogens is 124 g/mol. The predicted octanol–water partition coefficient (Wildman–Crippen LogP) is 0.625. The first-order valence-corrected chi connectivity index (χ1v) is 3.36. The molecule has 1 aromatic rings. The van der Waals surface area contributed by atoms with Crippen molar-refractivity contribution in [2.24, 2.45) is 5.73 Å². The predicted molar refractivity (Wildman–Crippen MR) is 40.1 cm³/mol. The van der Waals surface area contributed by atoms with Crippen molar-refractivity contribution >= 4 is 0 Å². The van der Waals surface area contributed by atoms with E-state index < -0.39 is 0 Å². The summed E-state index contributed by atoms with van der Waals surface area (Å²) in [6, 6.07) is 5.91. The lowest BCUT2D eigenvalue weighted by Gasteiger charge is -2.11. The Hall–Kier alpha value is -0.890. The Bertz CT molecular complexity index is 198. The van der Waals surface area contributed by atoms with Crippen molar-refractivity contribution in [1.29, 1.82) is 0 Å². The van der Waals surface area contributed by atoms with Crippen LogP contribution in [0.5, 0.6) is 0 Å². The number of nitrogens with zero attached hydrogens (tertiary/aromatic N) is 1. The largest absolute Gasteiger partial charge is 0.271 e. The van der Waals surface area contributed by atoms with Crippen LogP contribution in [0.25, 0.3) is 0 Å². The third-order valence-electron chi connectivity index (χ3n) is 1.38. The smallest absolute Gasteiger partial charge is 0.213 e. The fraction of sp³-hybridized carbons (Fsp3) is 0.375. The van der Waals surface area contributed by atoms with Crippen LogP contribution in [0, 0.1) is 0 Å². The van der Waals surface area contributed by atoms with Gasteiger partial charge in [-0.1, -0.05) is 6.07 Å². The third-order valence-corrected chi connectivity index (χ3v) is 1.38. The normalized spacial score (nSPS) is 11.5. The van der Waals surface area contributed by atoms with Gasteiger partial charge in [0.15, 0.2) is 12.4 Å². The summed E-state index contributed by atoms with van der Waals surface area (Å²) in [6.07, 6.45) is 3.92. The minimum Gasteiger partial charge on any atom is -0.271 e. The molecule has 0 spiro atoms. The molecule has 0 aliphatic carbocycles. The van der Waals surface area contributed by atoms with Gasteiger partial charge in [0.1, 0.15) is 0 Å². The van der Waals surface area contributed by atoms with E-state index in [4.69, 9.17) is 5.73 Å². The highest BCUT2D eigenvalue weighted by Crippen LogP contribution is 1.92. The zero-order valence-corrected chi connectivity index (χ0v) is 6.41. The molecule has 2 heteroatoms. The zero-order chi connectivity index (χ0) is 7.61. The van der Waals surface area contributed by atoms with Gasteiger partial charge < -0.3 is 0 Å². The number of aromatic nitrogens is 1. The fourth-order valence-electron chi connectivity index (χ4n) is 0.783. The maximum absolute atomic E-state index is 5.82. The monoisotopic (exact) mass is 137 g/mol. The van der Waals surface area contributed by atoms with E-state index in [2.05, 4.69) is 0 Å². The molecule has 0 unspecified atom stereocenters. The summed E-state index contributed by atoms with van der Waals surface area (Å²) in [4.78, 5) is 0. The summed E-state index contributed by atoms with van der Waals surface area (Å²) in [6.45, 7) is 3.93. The van der Waals surface area contributed by atoms with E-state index in [1.807, 2.05) is 49.0 Å². The molecular formula is C8H13N2+. The average molecular weight is 137 g/mol. The number of nitrogens with two attached hydrogens (primary N) is 1. The second kappa shape index (κ2) is 2.39. The minimum atomic E-state index is -0.290. The Morgan fingerprint density at radius 3 is 1.90 bits per heavy atom. The van der Waals surface area contributed by atoms with Gasteiger partial charge in [-0.05, 0) is 0 Å². The molecule has 0 aliphatic rings. The Labute approximate surface area is 61.3 Å². The van der Waals surface area contributed by atoms with Crippen molar-refractivity contribution in [3.63, 3.8) is 0 Å². The van der Waals surface area contributed by atoms with Gasteiger partial charge in [0, 0.05) is 26.0 Å². The molecule has 1 rings (SSSR count). The van der Waals surface area contributed by atoms with Crippen molar-refractivity contribution in [2.75, 3.05) is 0 Å². The molecule has 2 nitrogen and oxygen atoms in total. The molecule has 0 saturated carbocycles. The Morgan fingerprint density at radius 2 is 1.60 bits per heavy atom. The van der Waals surface area contributed by atoms with Crippen LogP contribution in [-0.4, -0.2) is 0 Å². The minimum absolute atomic E-state index is 0.290. The van der Waals surface area contributed by atoms with E-state index in [0.717, 1.165) is 0 Å². The van der Waals surface area contributed by atoms with Gasteiger partial charge in [-0.2, -0.15) is 4.57 Å². The maximum Gasteiger partial charge on any atom is 0.213 e. The van der Waals surface area contributed by atoms with E-state index >= 15 is 0 Å². The lowest BCUT2D eigenvalue weighted by atomic mass is 10.2. The van der Waals surface area contributed by atoms with E-state index in [1.54, 1.807) is 0 Å². The summed E-state index contributed by atoms with van der Waals surface area (Å²) in [5.41, 5.74) is 5.53. The Kier molecular flexibility index (Phi) is 1.72. The van der Waals surface area contributed by atoms with Crippen LogP contribution in [-0.2, 0) is 5.66 Å². The van der Waals surface area contributed by atoms with Crippen LogP contribution in [0.1, 0.15) is 13.8 Å². The third kappa shape index (κ3) is 1.54. The first-order valence-electron chi connectivity index (χ1n) is 3.36. The van der Waals surface area contributed by atoms with Gasteiger partial charge in [-0.3, -0.25) is 5.73 Å². The number of hydrogen-bond donors (Lipinski definition) is 1. The highest BCUT2D eigenvalue weighted by Gasteiger charge is 2.19. The highest BCUT2D eigenvalue weighted by atomic mass is 15.1. The topological polar surface area (TPSA) is 29.9 Å². The quantitative estimate of drug-likeness (QED) is 0.565. The molecule has 0 fully saturated rings. The summed E-state index contributed by atoms with van der Waals surface area (Å²) >= 11 is 0. The van der Waals surface area contributed by atoms with Crippen LogP contribution >= 0.6 is 0 Å². The summed E-state index contributed by atoms with van der Waals surface area (Å²) < 4.78 is 1.97. The van der Waals surface area contributed by atoms with Crippen LogP contribution in [0.15, 0.2) is 30.6 Å². The Morgan fingerprint density at radius 1 is 1.10 bits per heavy atom. The maximum atomic E-state index is 5.82. The van der Waals surface area contributed by atoms with Gasteiger partial charge in [0.2, 0.25) is 5.66 Å². The van der Waals surface area contributed by atoms with Gasteiger partial charge in [-0.15, -0.1) is 0 Å². The lowest BCUT2D eigenvalue weighted by molar-refractivity contribution is -0.757. The van der Waals surface area contributed by atoms with E-state index in [-0.39, 0.29) is 5.66 Å². The van der Waals surface area contributed by atoms with Gasteiger partial charge in [0.05, 0.1) is 0 Å². The van der Waals surface area contributed by atoms with E-state index in [1.165, 1.54) is 0 Å². The standard InChI is InChI=1S/C8H13N2/c1-8(2,9)10-6-4-3-5-7-10/h3-7H,9H2,1-2H3/q+1. The fourth-order valence-corrected chi connectivity index (χ4v) is 0.783. The SMILES string of the molecule is CC(C)(N)[n+]1ccccc1. The molecule has 54 valence electrons. The van der Waals surface area contributed by atoms with Crippen LogP contribution in [0.2, 0.25) is 0 Å². The van der Waals surface area contributed by atoms with Gasteiger partial charge in [-0.25, -0.2) is 0 Å². The van der Waals surface area contributed by atoms with E-state index in [9.17, 15) is 0 Å². The molecule has 0 bridgehead atoms. The molecule has 2 N–H and O–H groups in total. The molecule has 0 aliphatic heterocycles. The number of hydrogen-bond acceptors (Lipinski definition) is 1. The molecule has 0 aromatic carbocycles. The first kappa shape index (κ1) is 7.22. The lowest BCUT2D eigenvalue weighted by Crippen LogP contribution is -2.57. The van der Waals surface area contributed by atoms with Gasteiger partial charge in [0.25, 0.3) is 0 Å². The van der Waals surface area contributed by atoms with Crippen LogP contribution in [0.4, 0.5) is 0 Å². The summed E-state index contributed by atoms with van der Waals surface area (Å²) in [5, 5.41) is 0. The van der Waals surface area contributed by atoms with Crippen molar-refractivity contribution < 1.29 is 4.57 Å². The van der Waals surface area contributed by atoms with Crippen LogP contribution < -0.4 is 10.3 Å². The molecule has 0 saturated heterocycles. The molecule has 0 radical (unpaired) electrons. The molecule has 0 amide bonds. The Balaban J connectivity index is 2.97. The second-order valence-electron chi connectivity index (χ2n) is 2.94. The van der Waals surface area contributed by atoms with Crippen molar-refractivity contribution in [2.45, 2.75) is 19.5 Å². The highest BCUT2D eigenvalue weighted by molar-refractivity contribution is 4.84. The second-order valence-corrected chi connectivity index (χ2v) is 2.94. The molecule has 1 heterocycles. The van der Waals surface area contributed by atoms with Crippen molar-refractivity contribution in [3.8, 4) is 0 Å². The molecule has 0 atom stereocenters. The number of pyridine rings is 1. The zero-order valence-electron chi connectivity index (χ0n) is 6.41. The first-order chi connectivity index (χ1) is 4.61. The molecule has 10 heavy (non-hydrogen) atoms. The van der Waals surface area contributed by atoms with Crippen LogP contribution in [0.3, 0.4) is 0 Å². The summed E-state index contributed by atoms with van der Waals surface area (Å²) in [7, 11) is 0. The van der Waals surface area contributed by atoms with Crippen molar-refractivity contribution in [1.82, 2.24) is 0 Å². The van der Waals surface area contributed by atoms with Crippen molar-refractivity contribution in [3.05, 3.63) is 30.6 Å². The average Bonchev–Trinajstić information content (AvgIpc) is 1.88. The van der Waals surface area contributed by atoms with Gasteiger partial charge >= 0.3 is 0 Å². The molecule has 1 aromatic heterocycles. The number of rotatable bonds is 1. The van der Waals surface area contributed by atoms with E-state index in [0.29, 0.717) is 0 Å².